The van der Waals surface area contributed by atoms with Crippen molar-refractivity contribution in [2.45, 2.75) is 29.7 Å². The van der Waals surface area contributed by atoms with Gasteiger partial charge in [0.25, 0.3) is 0 Å². The van der Waals surface area contributed by atoms with E-state index in [1.807, 2.05) is 18.2 Å². The molecule has 2 atom stereocenters. The van der Waals surface area contributed by atoms with Crippen LogP contribution in [0.5, 0.6) is 0 Å². The summed E-state index contributed by atoms with van der Waals surface area (Å²) in [5, 5.41) is 0.658. The first-order valence-electron chi connectivity index (χ1n) is 6.28. The van der Waals surface area contributed by atoms with Gasteiger partial charge in [0.1, 0.15) is 0 Å². The van der Waals surface area contributed by atoms with Gasteiger partial charge < -0.3 is 4.74 Å². The lowest BCUT2D eigenvalue weighted by Crippen LogP contribution is -2.25. The van der Waals surface area contributed by atoms with Gasteiger partial charge in [-0.3, -0.25) is 4.21 Å². The molecule has 1 aliphatic heterocycles. The minimum atomic E-state index is -1.08. The molecule has 1 aromatic carbocycles. The van der Waals surface area contributed by atoms with Gasteiger partial charge in [0, 0.05) is 11.6 Å². The molecule has 3 nitrogen and oxygen atoms in total. The Morgan fingerprint density at radius 1 is 1.47 bits per heavy atom. The zero-order valence-electron chi connectivity index (χ0n) is 10.3. The summed E-state index contributed by atoms with van der Waals surface area (Å²) in [7, 11) is -1.08. The monoisotopic (exact) mass is 315 g/mol. The lowest BCUT2D eigenvalue weighted by Gasteiger charge is -2.21. The van der Waals surface area contributed by atoms with E-state index in [4.69, 9.17) is 16.3 Å². The molecule has 0 amide bonds. The van der Waals surface area contributed by atoms with Crippen LogP contribution in [0.4, 0.5) is 0 Å². The van der Waals surface area contributed by atoms with Crippen molar-refractivity contribution in [2.75, 3.05) is 12.4 Å². The second-order valence-electron chi connectivity index (χ2n) is 4.59. The van der Waals surface area contributed by atoms with Gasteiger partial charge in [-0.15, -0.1) is 11.3 Å². The smallest absolute Gasteiger partial charge is 0.181 e. The second kappa shape index (κ2) is 5.87. The molecule has 1 aromatic heterocycles. The highest BCUT2D eigenvalue weighted by molar-refractivity contribution is 7.87. The van der Waals surface area contributed by atoms with E-state index < -0.39 is 10.8 Å². The van der Waals surface area contributed by atoms with E-state index >= 15 is 0 Å². The first kappa shape index (κ1) is 13.5. The summed E-state index contributed by atoms with van der Waals surface area (Å²) in [5.41, 5.74) is 0.824. The molecule has 1 saturated heterocycles. The highest BCUT2D eigenvalue weighted by Crippen LogP contribution is 2.27. The van der Waals surface area contributed by atoms with Crippen molar-refractivity contribution in [3.05, 3.63) is 23.2 Å². The Labute approximate surface area is 123 Å². The molecule has 2 aromatic rings. The van der Waals surface area contributed by atoms with Crippen molar-refractivity contribution in [3.63, 3.8) is 0 Å². The molecule has 0 radical (unpaired) electrons. The zero-order valence-corrected chi connectivity index (χ0v) is 12.7. The molecule has 2 unspecified atom stereocenters. The highest BCUT2D eigenvalue weighted by Gasteiger charge is 2.20. The summed E-state index contributed by atoms with van der Waals surface area (Å²) in [6, 6.07) is 5.57. The van der Waals surface area contributed by atoms with Crippen molar-refractivity contribution in [1.29, 1.82) is 0 Å². The van der Waals surface area contributed by atoms with Crippen molar-refractivity contribution >= 4 is 44.0 Å². The van der Waals surface area contributed by atoms with Gasteiger partial charge in [-0.1, -0.05) is 11.6 Å². The van der Waals surface area contributed by atoms with Crippen molar-refractivity contribution in [2.24, 2.45) is 0 Å². The zero-order chi connectivity index (χ0) is 13.2. The van der Waals surface area contributed by atoms with E-state index in [9.17, 15) is 4.21 Å². The minimum absolute atomic E-state index is 0.116. The molecular formula is C13H14ClNO2S2. The van der Waals surface area contributed by atoms with Gasteiger partial charge in [-0.05, 0) is 37.5 Å². The third-order valence-electron chi connectivity index (χ3n) is 3.14. The van der Waals surface area contributed by atoms with Crippen LogP contribution in [0.3, 0.4) is 0 Å². The molecule has 2 heterocycles. The van der Waals surface area contributed by atoms with Gasteiger partial charge in [-0.2, -0.15) is 0 Å². The van der Waals surface area contributed by atoms with E-state index in [0.717, 1.165) is 36.1 Å². The van der Waals surface area contributed by atoms with Gasteiger partial charge in [0.2, 0.25) is 0 Å². The van der Waals surface area contributed by atoms with Crippen LogP contribution in [-0.2, 0) is 15.5 Å². The van der Waals surface area contributed by atoms with Crippen LogP contribution in [0, 0.1) is 0 Å². The minimum Gasteiger partial charge on any atom is -0.377 e. The number of halogens is 1. The van der Waals surface area contributed by atoms with Gasteiger partial charge >= 0.3 is 0 Å². The number of nitrogens with zero attached hydrogens (tertiary/aromatic N) is 1. The molecule has 19 heavy (non-hydrogen) atoms. The van der Waals surface area contributed by atoms with Crippen molar-refractivity contribution < 1.29 is 8.95 Å². The molecule has 1 fully saturated rings. The standard InChI is InChI=1S/C13H14ClNO2S2/c14-9-4-5-12-11(7-9)15-13(18-12)19(16)8-10-3-1-2-6-17-10/h4-5,7,10H,1-3,6,8H2. The maximum Gasteiger partial charge on any atom is 0.181 e. The Morgan fingerprint density at radius 2 is 2.37 bits per heavy atom. The summed E-state index contributed by atoms with van der Waals surface area (Å²) in [5.74, 6) is 0.549. The molecule has 102 valence electrons. The number of thiazole rings is 1. The molecular weight excluding hydrogens is 302 g/mol. The second-order valence-corrected chi connectivity index (χ2v) is 7.73. The maximum atomic E-state index is 12.3. The average molecular weight is 316 g/mol. The van der Waals surface area contributed by atoms with Crippen molar-refractivity contribution in [1.82, 2.24) is 4.98 Å². The van der Waals surface area contributed by atoms with E-state index in [1.54, 1.807) is 0 Å². The summed E-state index contributed by atoms with van der Waals surface area (Å²) < 4.78 is 19.6. The molecule has 0 N–H and O–H groups in total. The van der Waals surface area contributed by atoms with E-state index in [2.05, 4.69) is 4.98 Å². The van der Waals surface area contributed by atoms with Crippen LogP contribution >= 0.6 is 22.9 Å². The summed E-state index contributed by atoms with van der Waals surface area (Å²) >= 11 is 7.41. The predicted molar refractivity (Wildman–Crippen MR) is 79.5 cm³/mol. The van der Waals surface area contributed by atoms with Crippen LogP contribution in [0.25, 0.3) is 10.2 Å². The Bertz CT molecular complexity index is 608. The number of hydrogen-bond donors (Lipinski definition) is 0. The summed E-state index contributed by atoms with van der Waals surface area (Å²) in [6.45, 7) is 0.789. The van der Waals surface area contributed by atoms with E-state index in [1.165, 1.54) is 11.3 Å². The quantitative estimate of drug-likeness (QED) is 0.868. The van der Waals surface area contributed by atoms with Gasteiger partial charge in [-0.25, -0.2) is 4.98 Å². The molecule has 3 rings (SSSR count). The number of ether oxygens (including phenoxy) is 1. The Morgan fingerprint density at radius 3 is 3.16 bits per heavy atom. The SMILES string of the molecule is O=S(CC1CCCCO1)c1nc2cc(Cl)ccc2s1. The highest BCUT2D eigenvalue weighted by atomic mass is 35.5. The summed E-state index contributed by atoms with van der Waals surface area (Å²) in [4.78, 5) is 4.42. The van der Waals surface area contributed by atoms with E-state index in [0.29, 0.717) is 15.1 Å². The van der Waals surface area contributed by atoms with Crippen LogP contribution in [0.2, 0.25) is 5.02 Å². The molecule has 0 bridgehead atoms. The Balaban J connectivity index is 1.77. The number of benzene rings is 1. The fraction of sp³-hybridized carbons (Fsp3) is 0.462. The molecule has 0 spiro atoms. The maximum absolute atomic E-state index is 12.3. The molecule has 0 saturated carbocycles. The van der Waals surface area contributed by atoms with Crippen LogP contribution in [0.1, 0.15) is 19.3 Å². The number of fused-ring (bicyclic) bond motifs is 1. The lowest BCUT2D eigenvalue weighted by atomic mass is 10.1. The van der Waals surface area contributed by atoms with Crippen LogP contribution < -0.4 is 0 Å². The Kier molecular flexibility index (Phi) is 4.17. The lowest BCUT2D eigenvalue weighted by molar-refractivity contribution is 0.0310. The van der Waals surface area contributed by atoms with Crippen LogP contribution in [0.15, 0.2) is 22.5 Å². The van der Waals surface area contributed by atoms with Gasteiger partial charge in [0.15, 0.2) is 4.34 Å². The first-order valence-corrected chi connectivity index (χ1v) is 8.80. The van der Waals surface area contributed by atoms with Crippen LogP contribution in [-0.4, -0.2) is 27.7 Å². The van der Waals surface area contributed by atoms with Gasteiger partial charge in [0.05, 0.1) is 32.9 Å². The fourth-order valence-electron chi connectivity index (χ4n) is 2.16. The Hall–Kier alpha value is -0.490. The molecule has 6 heteroatoms. The third-order valence-corrected chi connectivity index (χ3v) is 6.17. The first-order chi connectivity index (χ1) is 9.22. The average Bonchev–Trinajstić information content (AvgIpc) is 2.83. The molecule has 0 aliphatic carbocycles. The third kappa shape index (κ3) is 3.16. The number of hydrogen-bond acceptors (Lipinski definition) is 4. The number of rotatable bonds is 3. The van der Waals surface area contributed by atoms with Crippen molar-refractivity contribution in [3.8, 4) is 0 Å². The number of aromatic nitrogens is 1. The topological polar surface area (TPSA) is 39.2 Å². The normalized spacial score (nSPS) is 21.6. The predicted octanol–water partition coefficient (Wildman–Crippen LogP) is 3.63. The largest absolute Gasteiger partial charge is 0.377 e. The fourth-order valence-corrected chi connectivity index (χ4v) is 4.79. The molecule has 1 aliphatic rings. The van der Waals surface area contributed by atoms with E-state index in [-0.39, 0.29) is 6.10 Å². The summed E-state index contributed by atoms with van der Waals surface area (Å²) in [6.07, 6.45) is 3.40.